The summed E-state index contributed by atoms with van der Waals surface area (Å²) < 4.78 is 0. The molecule has 1 heterocycles. The van der Waals surface area contributed by atoms with Gasteiger partial charge in [0, 0.05) is 18.8 Å². The summed E-state index contributed by atoms with van der Waals surface area (Å²) in [5.74, 6) is -0.425. The summed E-state index contributed by atoms with van der Waals surface area (Å²) in [6.45, 7) is 4.34. The first-order chi connectivity index (χ1) is 9.58. The molecule has 0 saturated heterocycles. The zero-order chi connectivity index (χ0) is 14.7. The molecule has 1 N–H and O–H groups in total. The third-order valence-electron chi connectivity index (χ3n) is 3.73. The van der Waals surface area contributed by atoms with Gasteiger partial charge in [-0.25, -0.2) is 0 Å². The Bertz CT molecular complexity index is 519. The Morgan fingerprint density at radius 2 is 1.65 bits per heavy atom. The lowest BCUT2D eigenvalue weighted by molar-refractivity contribution is 0.0693. The molecular formula is C16H22N2O2. The summed E-state index contributed by atoms with van der Waals surface area (Å²) in [7, 11) is 1.52. The van der Waals surface area contributed by atoms with E-state index < -0.39 is 0 Å². The number of anilines is 1. The molecular weight excluding hydrogens is 252 g/mol. The first-order valence-electron chi connectivity index (χ1n) is 7.31. The predicted molar refractivity (Wildman–Crippen MR) is 80.1 cm³/mol. The number of benzene rings is 1. The quantitative estimate of drug-likeness (QED) is 0.810. The minimum atomic E-state index is -0.213. The number of carbonyl (C=O) groups is 2. The van der Waals surface area contributed by atoms with Crippen LogP contribution in [0, 0.1) is 0 Å². The van der Waals surface area contributed by atoms with Crippen molar-refractivity contribution in [2.45, 2.75) is 45.6 Å². The summed E-state index contributed by atoms with van der Waals surface area (Å²) in [5, 5.41) is 3.48. The van der Waals surface area contributed by atoms with Gasteiger partial charge in [0.15, 0.2) is 0 Å². The topological polar surface area (TPSA) is 49.4 Å². The van der Waals surface area contributed by atoms with E-state index in [0.717, 1.165) is 31.4 Å². The van der Waals surface area contributed by atoms with Crippen molar-refractivity contribution in [1.82, 2.24) is 4.90 Å². The highest BCUT2D eigenvalue weighted by atomic mass is 16.2. The Morgan fingerprint density at radius 1 is 1.05 bits per heavy atom. The third-order valence-corrected chi connectivity index (χ3v) is 3.73. The molecule has 4 heteroatoms. The van der Waals surface area contributed by atoms with Crippen LogP contribution in [-0.4, -0.2) is 29.8 Å². The van der Waals surface area contributed by atoms with Crippen LogP contribution >= 0.6 is 0 Å². The molecule has 1 aliphatic heterocycles. The van der Waals surface area contributed by atoms with Gasteiger partial charge in [0.25, 0.3) is 11.8 Å². The first kappa shape index (κ1) is 14.6. The van der Waals surface area contributed by atoms with Gasteiger partial charge in [0.1, 0.15) is 0 Å². The molecule has 0 radical (unpaired) electrons. The average molecular weight is 274 g/mol. The van der Waals surface area contributed by atoms with Crippen LogP contribution in [0.4, 0.5) is 5.69 Å². The number of nitrogens with zero attached hydrogens (tertiary/aromatic N) is 1. The van der Waals surface area contributed by atoms with Crippen molar-refractivity contribution in [2.24, 2.45) is 0 Å². The van der Waals surface area contributed by atoms with E-state index in [1.165, 1.54) is 11.9 Å². The lowest BCUT2D eigenvalue weighted by atomic mass is 10.0. The van der Waals surface area contributed by atoms with Gasteiger partial charge >= 0.3 is 0 Å². The van der Waals surface area contributed by atoms with Gasteiger partial charge in [-0.05, 0) is 31.0 Å². The van der Waals surface area contributed by atoms with E-state index in [9.17, 15) is 9.59 Å². The second-order valence-corrected chi connectivity index (χ2v) is 5.35. The van der Waals surface area contributed by atoms with Crippen molar-refractivity contribution in [2.75, 3.05) is 12.4 Å². The van der Waals surface area contributed by atoms with Gasteiger partial charge in [-0.1, -0.05) is 26.7 Å². The van der Waals surface area contributed by atoms with E-state index in [2.05, 4.69) is 19.2 Å². The molecule has 0 unspecified atom stereocenters. The maximum Gasteiger partial charge on any atom is 0.261 e. The number of imide groups is 1. The minimum Gasteiger partial charge on any atom is -0.382 e. The van der Waals surface area contributed by atoms with Crippen LogP contribution in [-0.2, 0) is 0 Å². The largest absolute Gasteiger partial charge is 0.382 e. The Kier molecular flexibility index (Phi) is 4.42. The molecule has 1 aromatic carbocycles. The van der Waals surface area contributed by atoms with Crippen LogP contribution in [0.15, 0.2) is 18.2 Å². The van der Waals surface area contributed by atoms with Crippen molar-refractivity contribution in [3.05, 3.63) is 29.3 Å². The van der Waals surface area contributed by atoms with E-state index in [1.807, 2.05) is 6.07 Å². The minimum absolute atomic E-state index is 0.212. The number of amides is 2. The Hall–Kier alpha value is -1.84. The maximum absolute atomic E-state index is 12.0. The molecule has 108 valence electrons. The fraction of sp³-hybridized carbons (Fsp3) is 0.500. The van der Waals surface area contributed by atoms with Crippen LogP contribution in [0.2, 0.25) is 0 Å². The maximum atomic E-state index is 12.0. The summed E-state index contributed by atoms with van der Waals surface area (Å²) in [6, 6.07) is 5.86. The predicted octanol–water partition coefficient (Wildman–Crippen LogP) is 3.29. The number of nitrogens with one attached hydrogen (secondary N) is 1. The van der Waals surface area contributed by atoms with E-state index >= 15 is 0 Å². The molecule has 4 nitrogen and oxygen atoms in total. The molecule has 0 aromatic heterocycles. The van der Waals surface area contributed by atoms with Gasteiger partial charge < -0.3 is 5.32 Å². The number of fused-ring (bicyclic) bond motifs is 1. The molecule has 0 spiro atoms. The van der Waals surface area contributed by atoms with Gasteiger partial charge in [-0.3, -0.25) is 14.5 Å². The summed E-state index contributed by atoms with van der Waals surface area (Å²) in [6.07, 6.45) is 4.47. The number of carbonyl (C=O) groups excluding carboxylic acids is 2. The fourth-order valence-electron chi connectivity index (χ4n) is 2.67. The molecule has 1 aromatic rings. The summed E-state index contributed by atoms with van der Waals surface area (Å²) in [5.41, 5.74) is 1.94. The fourth-order valence-corrected chi connectivity index (χ4v) is 2.67. The standard InChI is InChI=1S/C16H22N2O2/c1-4-6-11(7-5-2)17-12-8-9-13-14(10-12)16(20)18(3)15(13)19/h8-11,17H,4-7H2,1-3H3. The molecule has 0 bridgehead atoms. The van der Waals surface area contributed by atoms with Gasteiger partial charge in [0.2, 0.25) is 0 Å². The Morgan fingerprint density at radius 3 is 2.25 bits per heavy atom. The highest BCUT2D eigenvalue weighted by molar-refractivity contribution is 6.21. The van der Waals surface area contributed by atoms with Gasteiger partial charge in [-0.15, -0.1) is 0 Å². The van der Waals surface area contributed by atoms with Crippen LogP contribution in [0.3, 0.4) is 0 Å². The highest BCUT2D eigenvalue weighted by Gasteiger charge is 2.32. The van der Waals surface area contributed by atoms with Crippen molar-refractivity contribution in [1.29, 1.82) is 0 Å². The van der Waals surface area contributed by atoms with Gasteiger partial charge in [0.05, 0.1) is 11.1 Å². The van der Waals surface area contributed by atoms with E-state index in [-0.39, 0.29) is 11.8 Å². The van der Waals surface area contributed by atoms with Crippen molar-refractivity contribution in [3.8, 4) is 0 Å². The molecule has 0 saturated carbocycles. The monoisotopic (exact) mass is 274 g/mol. The van der Waals surface area contributed by atoms with E-state index in [0.29, 0.717) is 17.2 Å². The normalized spacial score (nSPS) is 14.1. The molecule has 0 atom stereocenters. The SMILES string of the molecule is CCCC(CCC)Nc1ccc2c(c1)C(=O)N(C)C2=O. The second-order valence-electron chi connectivity index (χ2n) is 5.35. The number of rotatable bonds is 6. The van der Waals surface area contributed by atoms with Crippen LogP contribution < -0.4 is 5.32 Å². The molecule has 2 rings (SSSR count). The van der Waals surface area contributed by atoms with Crippen LogP contribution in [0.5, 0.6) is 0 Å². The Labute approximate surface area is 120 Å². The number of hydrogen-bond acceptors (Lipinski definition) is 3. The average Bonchev–Trinajstić information content (AvgIpc) is 2.64. The third kappa shape index (κ3) is 2.69. The van der Waals surface area contributed by atoms with Crippen LogP contribution in [0.1, 0.15) is 60.2 Å². The van der Waals surface area contributed by atoms with Gasteiger partial charge in [-0.2, -0.15) is 0 Å². The summed E-state index contributed by atoms with van der Waals surface area (Å²) in [4.78, 5) is 25.0. The van der Waals surface area contributed by atoms with Crippen LogP contribution in [0.25, 0.3) is 0 Å². The molecule has 1 aliphatic rings. The number of hydrogen-bond donors (Lipinski definition) is 1. The van der Waals surface area contributed by atoms with E-state index in [4.69, 9.17) is 0 Å². The van der Waals surface area contributed by atoms with Crippen molar-refractivity contribution in [3.63, 3.8) is 0 Å². The zero-order valence-corrected chi connectivity index (χ0v) is 12.4. The lowest BCUT2D eigenvalue weighted by Crippen LogP contribution is -2.24. The lowest BCUT2D eigenvalue weighted by Gasteiger charge is -2.19. The molecule has 0 aliphatic carbocycles. The first-order valence-corrected chi connectivity index (χ1v) is 7.31. The van der Waals surface area contributed by atoms with Crippen molar-refractivity contribution >= 4 is 17.5 Å². The molecule has 2 amide bonds. The second kappa shape index (κ2) is 6.07. The highest BCUT2D eigenvalue weighted by Crippen LogP contribution is 2.25. The summed E-state index contributed by atoms with van der Waals surface area (Å²) >= 11 is 0. The zero-order valence-electron chi connectivity index (χ0n) is 12.4. The molecule has 0 fully saturated rings. The Balaban J connectivity index is 2.20. The van der Waals surface area contributed by atoms with E-state index in [1.54, 1.807) is 12.1 Å². The smallest absolute Gasteiger partial charge is 0.261 e. The molecule has 20 heavy (non-hydrogen) atoms. The van der Waals surface area contributed by atoms with Crippen molar-refractivity contribution < 1.29 is 9.59 Å².